The van der Waals surface area contributed by atoms with E-state index in [-0.39, 0.29) is 22.4 Å². The van der Waals surface area contributed by atoms with E-state index in [1.165, 1.54) is 36.4 Å². The van der Waals surface area contributed by atoms with E-state index in [4.69, 9.17) is 0 Å². The maximum Gasteiger partial charge on any atom is 0.269 e. The van der Waals surface area contributed by atoms with Crippen molar-refractivity contribution in [2.75, 3.05) is 31.1 Å². The van der Waals surface area contributed by atoms with Gasteiger partial charge in [0.2, 0.25) is 10.0 Å². The number of nitrogens with one attached hydrogen (secondary N) is 1. The number of thiophene rings is 1. The predicted octanol–water partition coefficient (Wildman–Crippen LogP) is 4.03. The van der Waals surface area contributed by atoms with Crippen molar-refractivity contribution in [1.82, 2.24) is 9.62 Å². The number of anilines is 1. The second-order valence-electron chi connectivity index (χ2n) is 8.12. The summed E-state index contributed by atoms with van der Waals surface area (Å²) >= 11 is 1.57. The van der Waals surface area contributed by atoms with Crippen molar-refractivity contribution in [2.45, 2.75) is 23.9 Å². The monoisotopic (exact) mass is 504 g/mol. The molecule has 11 heteroatoms. The van der Waals surface area contributed by atoms with Crippen LogP contribution in [-0.4, -0.2) is 50.5 Å². The Labute approximate surface area is 201 Å². The molecule has 1 saturated heterocycles. The van der Waals surface area contributed by atoms with Gasteiger partial charge in [0, 0.05) is 54.9 Å². The number of nitro benzene ring substituents is 1. The first-order valence-corrected chi connectivity index (χ1v) is 13.2. The summed E-state index contributed by atoms with van der Waals surface area (Å²) in [5.74, 6) is -0.269. The highest BCUT2D eigenvalue weighted by atomic mass is 32.2. The van der Waals surface area contributed by atoms with E-state index in [1.807, 2.05) is 24.4 Å². The topological polar surface area (TPSA) is 95.8 Å². The summed E-state index contributed by atoms with van der Waals surface area (Å²) in [4.78, 5) is 15.8. The first kappa shape index (κ1) is 24.3. The number of hydrogen-bond acceptors (Lipinski definition) is 7. The summed E-state index contributed by atoms with van der Waals surface area (Å²) in [5.41, 5.74) is 0.795. The van der Waals surface area contributed by atoms with Crippen molar-refractivity contribution in [3.8, 4) is 0 Å². The van der Waals surface area contributed by atoms with Crippen molar-refractivity contribution in [2.24, 2.45) is 0 Å². The molecule has 3 aromatic rings. The second-order valence-corrected chi connectivity index (χ2v) is 10.8. The fourth-order valence-corrected chi connectivity index (χ4v) is 6.45. The molecule has 0 saturated carbocycles. The highest BCUT2D eigenvalue weighted by Gasteiger charge is 2.32. The number of halogens is 1. The van der Waals surface area contributed by atoms with Gasteiger partial charge in [-0.3, -0.25) is 15.0 Å². The Morgan fingerprint density at radius 2 is 1.68 bits per heavy atom. The van der Waals surface area contributed by atoms with Gasteiger partial charge < -0.3 is 4.90 Å². The molecule has 0 radical (unpaired) electrons. The smallest absolute Gasteiger partial charge is 0.269 e. The third-order valence-corrected chi connectivity index (χ3v) is 8.42. The Morgan fingerprint density at radius 1 is 1.03 bits per heavy atom. The number of nitrogens with zero attached hydrogens (tertiary/aromatic N) is 3. The Kier molecular flexibility index (Phi) is 7.27. The van der Waals surface area contributed by atoms with Crippen molar-refractivity contribution in [1.29, 1.82) is 0 Å². The normalized spacial score (nSPS) is 16.8. The van der Waals surface area contributed by atoms with E-state index in [9.17, 15) is 22.9 Å². The number of benzene rings is 2. The largest absolute Gasteiger partial charge is 0.369 e. The summed E-state index contributed by atoms with van der Waals surface area (Å²) in [6.07, 6.45) is 0. The fraction of sp³-hybridized carbons (Fsp3) is 0.304. The van der Waals surface area contributed by atoms with Crippen molar-refractivity contribution < 1.29 is 17.7 Å². The Hall–Kier alpha value is -2.86. The molecule has 1 aliphatic heterocycles. The molecular weight excluding hydrogens is 479 g/mol. The van der Waals surface area contributed by atoms with Crippen LogP contribution in [0.15, 0.2) is 70.9 Å². The van der Waals surface area contributed by atoms with Gasteiger partial charge in [0.05, 0.1) is 15.9 Å². The van der Waals surface area contributed by atoms with E-state index in [2.05, 4.69) is 14.5 Å². The van der Waals surface area contributed by atoms with Gasteiger partial charge in [0.25, 0.3) is 5.69 Å². The van der Waals surface area contributed by atoms with Gasteiger partial charge >= 0.3 is 0 Å². The van der Waals surface area contributed by atoms with Gasteiger partial charge in [-0.25, -0.2) is 17.5 Å². The van der Waals surface area contributed by atoms with Gasteiger partial charge in [-0.15, -0.1) is 11.3 Å². The van der Waals surface area contributed by atoms with E-state index in [0.29, 0.717) is 13.1 Å². The molecule has 0 spiro atoms. The van der Waals surface area contributed by atoms with Gasteiger partial charge in [0.1, 0.15) is 5.82 Å². The van der Waals surface area contributed by atoms with Crippen LogP contribution in [0.1, 0.15) is 17.8 Å². The molecule has 0 unspecified atom stereocenters. The zero-order valence-corrected chi connectivity index (χ0v) is 20.1. The maximum absolute atomic E-state index is 13.3. The van der Waals surface area contributed by atoms with Gasteiger partial charge in [-0.1, -0.05) is 6.07 Å². The summed E-state index contributed by atoms with van der Waals surface area (Å²) in [5, 5.41) is 12.8. The standard InChI is InChI=1S/C23H25FN4O4S2/c1-17(25-34(31,32)21-10-8-20(9-11-21)28(29)30)23(22-3-2-16-33-22)27-14-12-26(13-15-27)19-6-4-18(24)5-7-19/h2-11,16-17,23,25H,12-15H2,1H3/t17-,23-/m0/s1. The van der Waals surface area contributed by atoms with Crippen LogP contribution in [0.5, 0.6) is 0 Å². The zero-order valence-electron chi connectivity index (χ0n) is 18.5. The molecule has 0 aliphatic carbocycles. The van der Waals surface area contributed by atoms with Crippen molar-refractivity contribution >= 4 is 32.7 Å². The Bertz CT molecular complexity index is 1210. The highest BCUT2D eigenvalue weighted by Crippen LogP contribution is 2.31. The summed E-state index contributed by atoms with van der Waals surface area (Å²) in [6, 6.07) is 14.6. The number of non-ortho nitro benzene ring substituents is 1. The number of nitro groups is 1. The third kappa shape index (κ3) is 5.44. The molecule has 8 nitrogen and oxygen atoms in total. The quantitative estimate of drug-likeness (QED) is 0.368. The van der Waals surface area contributed by atoms with Crippen molar-refractivity contribution in [3.63, 3.8) is 0 Å². The summed E-state index contributed by atoms with van der Waals surface area (Å²) < 4.78 is 42.1. The molecule has 34 heavy (non-hydrogen) atoms. The average molecular weight is 505 g/mol. The summed E-state index contributed by atoms with van der Waals surface area (Å²) in [7, 11) is -3.88. The van der Waals surface area contributed by atoms with E-state index in [1.54, 1.807) is 23.5 Å². The first-order chi connectivity index (χ1) is 16.2. The predicted molar refractivity (Wildman–Crippen MR) is 130 cm³/mol. The van der Waals surface area contributed by atoms with Crippen LogP contribution in [0.2, 0.25) is 0 Å². The van der Waals surface area contributed by atoms with Crippen LogP contribution >= 0.6 is 11.3 Å². The lowest BCUT2D eigenvalue weighted by Gasteiger charge is -2.42. The molecular formula is C23H25FN4O4S2. The zero-order chi connectivity index (χ0) is 24.3. The van der Waals surface area contributed by atoms with Gasteiger partial charge in [-0.05, 0) is 54.8 Å². The number of rotatable bonds is 8. The lowest BCUT2D eigenvalue weighted by molar-refractivity contribution is -0.384. The fourth-order valence-electron chi connectivity index (χ4n) is 4.24. The van der Waals surface area contributed by atoms with Crippen molar-refractivity contribution in [3.05, 3.63) is 86.9 Å². The van der Waals surface area contributed by atoms with E-state index in [0.717, 1.165) is 23.7 Å². The molecule has 1 fully saturated rings. The minimum absolute atomic E-state index is 0.0176. The minimum atomic E-state index is -3.88. The Balaban J connectivity index is 1.49. The van der Waals surface area contributed by atoms with Crippen LogP contribution in [0, 0.1) is 15.9 Å². The van der Waals surface area contributed by atoms with Crippen LogP contribution < -0.4 is 9.62 Å². The number of sulfonamides is 1. The van der Waals surface area contributed by atoms with E-state index >= 15 is 0 Å². The maximum atomic E-state index is 13.3. The number of piperazine rings is 1. The van der Waals surface area contributed by atoms with E-state index < -0.39 is 21.0 Å². The second kappa shape index (κ2) is 10.2. The minimum Gasteiger partial charge on any atom is -0.369 e. The molecule has 0 bridgehead atoms. The summed E-state index contributed by atoms with van der Waals surface area (Å²) in [6.45, 7) is 4.72. The Morgan fingerprint density at radius 3 is 2.24 bits per heavy atom. The van der Waals surface area contributed by atoms with Crippen LogP contribution in [0.4, 0.5) is 15.8 Å². The van der Waals surface area contributed by atoms with Gasteiger partial charge in [-0.2, -0.15) is 0 Å². The molecule has 1 aliphatic rings. The van der Waals surface area contributed by atoms with Crippen LogP contribution in [-0.2, 0) is 10.0 Å². The first-order valence-electron chi connectivity index (χ1n) is 10.8. The molecule has 1 N–H and O–H groups in total. The molecule has 4 rings (SSSR count). The average Bonchev–Trinajstić information content (AvgIpc) is 3.34. The molecule has 2 aromatic carbocycles. The SMILES string of the molecule is C[C@H](NS(=O)(=O)c1ccc([N+](=O)[O-])cc1)[C@@H](c1cccs1)N1CCN(c2ccc(F)cc2)CC1. The molecule has 2 heterocycles. The highest BCUT2D eigenvalue weighted by molar-refractivity contribution is 7.89. The lowest BCUT2D eigenvalue weighted by Crippen LogP contribution is -2.52. The molecule has 2 atom stereocenters. The molecule has 0 amide bonds. The third-order valence-electron chi connectivity index (χ3n) is 5.91. The lowest BCUT2D eigenvalue weighted by atomic mass is 10.1. The number of hydrogen-bond donors (Lipinski definition) is 1. The molecule has 180 valence electrons. The molecule has 1 aromatic heterocycles. The van der Waals surface area contributed by atoms with Crippen LogP contribution in [0.25, 0.3) is 0 Å². The van der Waals surface area contributed by atoms with Crippen LogP contribution in [0.3, 0.4) is 0 Å². The van der Waals surface area contributed by atoms with Gasteiger partial charge in [0.15, 0.2) is 0 Å².